The molecular formula is C24H23N5O2. The molecule has 2 fully saturated rings. The molecule has 2 aromatic heterocycles. The van der Waals surface area contributed by atoms with Crippen molar-refractivity contribution in [3.8, 4) is 22.5 Å². The Morgan fingerprint density at radius 1 is 1.00 bits per heavy atom. The van der Waals surface area contributed by atoms with Crippen LogP contribution >= 0.6 is 0 Å². The van der Waals surface area contributed by atoms with Crippen molar-refractivity contribution in [2.45, 2.75) is 25.8 Å². The van der Waals surface area contributed by atoms with Crippen molar-refractivity contribution in [3.05, 3.63) is 54.8 Å². The number of likely N-dealkylation sites (tertiary alicyclic amines) is 1. The van der Waals surface area contributed by atoms with E-state index >= 15 is 0 Å². The molecule has 7 nitrogen and oxygen atoms in total. The Morgan fingerprint density at radius 2 is 1.81 bits per heavy atom. The highest BCUT2D eigenvalue weighted by Crippen LogP contribution is 2.33. The summed E-state index contributed by atoms with van der Waals surface area (Å²) < 4.78 is 7.31. The predicted molar refractivity (Wildman–Crippen MR) is 116 cm³/mol. The van der Waals surface area contributed by atoms with Crippen molar-refractivity contribution >= 4 is 16.9 Å². The largest absolute Gasteiger partial charge is 0.464 e. The third-order valence-electron chi connectivity index (χ3n) is 6.42. The van der Waals surface area contributed by atoms with Gasteiger partial charge < -0.3 is 9.32 Å². The summed E-state index contributed by atoms with van der Waals surface area (Å²) in [4.78, 5) is 14.3. The Kier molecular flexibility index (Phi) is 4.33. The predicted octanol–water partition coefficient (Wildman–Crippen LogP) is 4.01. The van der Waals surface area contributed by atoms with Crippen LogP contribution in [0.25, 0.3) is 33.5 Å². The van der Waals surface area contributed by atoms with Gasteiger partial charge in [0.2, 0.25) is 5.91 Å². The summed E-state index contributed by atoms with van der Waals surface area (Å²) in [7, 11) is 0. The lowest BCUT2D eigenvalue weighted by Gasteiger charge is -2.16. The number of furan rings is 1. The van der Waals surface area contributed by atoms with Gasteiger partial charge in [0, 0.05) is 36.5 Å². The van der Waals surface area contributed by atoms with E-state index in [1.165, 1.54) is 0 Å². The molecule has 0 spiro atoms. The summed E-state index contributed by atoms with van der Waals surface area (Å²) in [5.74, 6) is 1.79. The molecule has 1 atom stereocenters. The number of tetrazole rings is 1. The van der Waals surface area contributed by atoms with Crippen LogP contribution in [-0.2, 0) is 11.3 Å². The third kappa shape index (κ3) is 3.50. The van der Waals surface area contributed by atoms with Gasteiger partial charge in [0.05, 0.1) is 6.26 Å². The van der Waals surface area contributed by atoms with Crippen molar-refractivity contribution < 1.29 is 9.21 Å². The SMILES string of the molecule is O=C(C1CC1)N1CC[C@@H](Cn2nnnc2-c2ccc(-c3ccc4occc4c3)cc2)C1. The minimum absolute atomic E-state index is 0.287. The monoisotopic (exact) mass is 413 g/mol. The minimum atomic E-state index is 0.287. The van der Waals surface area contributed by atoms with E-state index in [2.05, 4.69) is 51.9 Å². The van der Waals surface area contributed by atoms with Gasteiger partial charge in [-0.3, -0.25) is 4.79 Å². The fraction of sp³-hybridized carbons (Fsp3) is 0.333. The van der Waals surface area contributed by atoms with E-state index in [4.69, 9.17) is 4.42 Å². The van der Waals surface area contributed by atoms with Gasteiger partial charge in [-0.15, -0.1) is 5.10 Å². The molecule has 0 radical (unpaired) electrons. The van der Waals surface area contributed by atoms with Crippen molar-refractivity contribution in [3.63, 3.8) is 0 Å². The standard InChI is InChI=1S/C24H23N5O2/c30-24(19-5-6-19)28-11-9-16(14-28)15-29-23(25-26-27-29)18-3-1-17(2-4-18)20-7-8-22-21(13-20)10-12-31-22/h1-4,7-8,10,12-13,16,19H,5-6,9,11,14-15H2/t16-/m1/s1. The number of hydrogen-bond donors (Lipinski definition) is 0. The van der Waals surface area contributed by atoms with Crippen molar-refractivity contribution in [1.82, 2.24) is 25.1 Å². The first-order chi connectivity index (χ1) is 15.2. The number of hydrogen-bond acceptors (Lipinski definition) is 5. The maximum Gasteiger partial charge on any atom is 0.225 e. The molecule has 1 saturated carbocycles. The maximum absolute atomic E-state index is 12.3. The van der Waals surface area contributed by atoms with Crippen molar-refractivity contribution in [2.24, 2.45) is 11.8 Å². The van der Waals surface area contributed by atoms with Crippen molar-refractivity contribution in [1.29, 1.82) is 0 Å². The highest BCUT2D eigenvalue weighted by atomic mass is 16.3. The second-order valence-electron chi connectivity index (χ2n) is 8.65. The number of benzene rings is 2. The van der Waals surface area contributed by atoms with Crippen LogP contribution < -0.4 is 0 Å². The van der Waals surface area contributed by atoms with Crippen LogP contribution in [0.3, 0.4) is 0 Å². The molecule has 2 aromatic carbocycles. The average Bonchev–Trinajstić information content (AvgIpc) is 3.17. The normalized spacial score (nSPS) is 18.7. The molecule has 1 amide bonds. The second-order valence-corrected chi connectivity index (χ2v) is 8.65. The zero-order valence-corrected chi connectivity index (χ0v) is 17.1. The molecular weight excluding hydrogens is 390 g/mol. The lowest BCUT2D eigenvalue weighted by Crippen LogP contribution is -2.30. The van der Waals surface area contributed by atoms with Crippen LogP contribution in [0, 0.1) is 11.8 Å². The maximum atomic E-state index is 12.3. The lowest BCUT2D eigenvalue weighted by molar-refractivity contribution is -0.131. The molecule has 0 unspecified atom stereocenters. The molecule has 1 aliphatic heterocycles. The summed E-state index contributed by atoms with van der Waals surface area (Å²) in [6.45, 7) is 2.40. The third-order valence-corrected chi connectivity index (χ3v) is 6.42. The Balaban J connectivity index is 1.18. The van der Waals surface area contributed by atoms with Crippen LogP contribution in [0.1, 0.15) is 19.3 Å². The van der Waals surface area contributed by atoms with Gasteiger partial charge in [-0.05, 0) is 64.9 Å². The van der Waals surface area contributed by atoms with Crippen LogP contribution in [0.4, 0.5) is 0 Å². The van der Waals surface area contributed by atoms with Crippen molar-refractivity contribution in [2.75, 3.05) is 13.1 Å². The Hall–Kier alpha value is -3.48. The van der Waals surface area contributed by atoms with E-state index in [0.29, 0.717) is 11.8 Å². The van der Waals surface area contributed by atoms with Gasteiger partial charge in [0.1, 0.15) is 5.58 Å². The van der Waals surface area contributed by atoms with Crippen LogP contribution in [0.2, 0.25) is 0 Å². The molecule has 0 N–H and O–H groups in total. The summed E-state index contributed by atoms with van der Waals surface area (Å²) in [6.07, 6.45) is 4.84. The van der Waals surface area contributed by atoms with E-state index in [1.54, 1.807) is 6.26 Å². The first-order valence-electron chi connectivity index (χ1n) is 10.9. The van der Waals surface area contributed by atoms with E-state index in [-0.39, 0.29) is 5.92 Å². The van der Waals surface area contributed by atoms with Crippen LogP contribution in [-0.4, -0.2) is 44.1 Å². The number of fused-ring (bicyclic) bond motifs is 1. The fourth-order valence-electron chi connectivity index (χ4n) is 4.51. The number of rotatable bonds is 5. The Labute approximate surface area is 179 Å². The second kappa shape index (κ2) is 7.34. The molecule has 0 bridgehead atoms. The van der Waals surface area contributed by atoms with Gasteiger partial charge in [-0.1, -0.05) is 30.3 Å². The van der Waals surface area contributed by atoms with E-state index in [0.717, 1.165) is 72.4 Å². The number of carbonyl (C=O) groups is 1. The highest BCUT2D eigenvalue weighted by molar-refractivity contribution is 5.84. The molecule has 7 heteroatoms. The fourth-order valence-corrected chi connectivity index (χ4v) is 4.51. The van der Waals surface area contributed by atoms with E-state index in [1.807, 2.05) is 21.7 Å². The molecule has 3 heterocycles. The van der Waals surface area contributed by atoms with Gasteiger partial charge in [0.25, 0.3) is 0 Å². The van der Waals surface area contributed by atoms with E-state index in [9.17, 15) is 4.79 Å². The van der Waals surface area contributed by atoms with E-state index < -0.39 is 0 Å². The molecule has 6 rings (SSSR count). The Morgan fingerprint density at radius 3 is 2.65 bits per heavy atom. The lowest BCUT2D eigenvalue weighted by atomic mass is 10.0. The summed E-state index contributed by atoms with van der Waals surface area (Å²) in [6, 6.07) is 16.5. The zero-order valence-electron chi connectivity index (χ0n) is 17.1. The molecule has 1 aliphatic carbocycles. The smallest absolute Gasteiger partial charge is 0.225 e. The Bertz CT molecular complexity index is 1240. The van der Waals surface area contributed by atoms with Gasteiger partial charge in [-0.25, -0.2) is 4.68 Å². The molecule has 4 aromatic rings. The first-order valence-corrected chi connectivity index (χ1v) is 10.9. The minimum Gasteiger partial charge on any atom is -0.464 e. The average molecular weight is 413 g/mol. The first kappa shape index (κ1) is 18.3. The van der Waals surface area contributed by atoms with Crippen LogP contribution in [0.5, 0.6) is 0 Å². The van der Waals surface area contributed by atoms with Gasteiger partial charge in [-0.2, -0.15) is 0 Å². The van der Waals surface area contributed by atoms with Gasteiger partial charge >= 0.3 is 0 Å². The molecule has 31 heavy (non-hydrogen) atoms. The molecule has 156 valence electrons. The highest BCUT2D eigenvalue weighted by Gasteiger charge is 2.36. The number of carbonyl (C=O) groups excluding carboxylic acids is 1. The summed E-state index contributed by atoms with van der Waals surface area (Å²) in [5.41, 5.74) is 4.16. The molecule has 1 saturated heterocycles. The number of amides is 1. The summed E-state index contributed by atoms with van der Waals surface area (Å²) >= 11 is 0. The molecule has 2 aliphatic rings. The van der Waals surface area contributed by atoms with Crippen LogP contribution in [0.15, 0.2) is 59.2 Å². The zero-order chi connectivity index (χ0) is 20.8. The van der Waals surface area contributed by atoms with Gasteiger partial charge in [0.15, 0.2) is 5.82 Å². The topological polar surface area (TPSA) is 77.1 Å². The number of aromatic nitrogens is 4. The number of nitrogens with zero attached hydrogens (tertiary/aromatic N) is 5. The quantitative estimate of drug-likeness (QED) is 0.494. The summed E-state index contributed by atoms with van der Waals surface area (Å²) in [5, 5.41) is 13.5.